The Labute approximate surface area is 72.8 Å². The van der Waals surface area contributed by atoms with Gasteiger partial charge in [0.15, 0.2) is 0 Å². The van der Waals surface area contributed by atoms with Gasteiger partial charge in [0.2, 0.25) is 0 Å². The van der Waals surface area contributed by atoms with Gasteiger partial charge in [-0.2, -0.15) is 0 Å². The van der Waals surface area contributed by atoms with E-state index in [1.54, 1.807) is 0 Å². The fourth-order valence-corrected chi connectivity index (χ4v) is 0.922. The van der Waals surface area contributed by atoms with Gasteiger partial charge in [-0.25, -0.2) is 4.68 Å². The Morgan fingerprint density at radius 2 is 2.17 bits per heavy atom. The highest BCUT2D eigenvalue weighted by atomic mass is 15.4. The molecule has 0 saturated heterocycles. The molecule has 0 unspecified atom stereocenters. The first kappa shape index (κ1) is 9.19. The number of hydrogen-bond donors (Lipinski definition) is 1. The highest BCUT2D eigenvalue weighted by Crippen LogP contribution is 2.11. The van der Waals surface area contributed by atoms with Crippen LogP contribution in [0.3, 0.4) is 0 Å². The van der Waals surface area contributed by atoms with Crippen molar-refractivity contribution in [2.75, 3.05) is 6.54 Å². The van der Waals surface area contributed by atoms with Crippen molar-refractivity contribution < 1.29 is 5.73 Å². The van der Waals surface area contributed by atoms with E-state index in [-0.39, 0.29) is 5.54 Å². The highest BCUT2D eigenvalue weighted by Gasteiger charge is 2.14. The largest absolute Gasteiger partial charge is 0.357 e. The Morgan fingerprint density at radius 3 is 2.58 bits per heavy atom. The molecule has 0 spiro atoms. The SMILES string of the molecule is CC(C)(C)n1cc(CC[NH3+])nn1. The number of nitrogens with zero attached hydrogens (tertiary/aromatic N) is 3. The van der Waals surface area contributed by atoms with Crippen LogP contribution in [-0.2, 0) is 12.0 Å². The average molecular weight is 169 g/mol. The molecule has 4 heteroatoms. The van der Waals surface area contributed by atoms with Crippen LogP contribution in [0.15, 0.2) is 6.20 Å². The predicted octanol–water partition coefficient (Wildman–Crippen LogP) is -0.182. The first-order valence-corrected chi connectivity index (χ1v) is 4.25. The van der Waals surface area contributed by atoms with E-state index in [1.807, 2.05) is 10.9 Å². The third-order valence-electron chi connectivity index (χ3n) is 1.66. The van der Waals surface area contributed by atoms with E-state index < -0.39 is 0 Å². The van der Waals surface area contributed by atoms with Crippen molar-refractivity contribution in [3.63, 3.8) is 0 Å². The van der Waals surface area contributed by atoms with Gasteiger partial charge in [0.1, 0.15) is 0 Å². The maximum atomic E-state index is 4.05. The van der Waals surface area contributed by atoms with Gasteiger partial charge in [-0.1, -0.05) is 5.21 Å². The first-order chi connectivity index (χ1) is 5.54. The molecule has 12 heavy (non-hydrogen) atoms. The van der Waals surface area contributed by atoms with Crippen LogP contribution in [-0.4, -0.2) is 21.5 Å². The lowest BCUT2D eigenvalue weighted by atomic mass is 10.1. The molecule has 68 valence electrons. The average Bonchev–Trinajstić information content (AvgIpc) is 2.35. The van der Waals surface area contributed by atoms with Crippen molar-refractivity contribution in [2.24, 2.45) is 0 Å². The summed E-state index contributed by atoms with van der Waals surface area (Å²) in [6.45, 7) is 7.20. The van der Waals surface area contributed by atoms with Crippen LogP contribution in [0.1, 0.15) is 26.5 Å². The zero-order valence-electron chi connectivity index (χ0n) is 8.04. The van der Waals surface area contributed by atoms with E-state index in [9.17, 15) is 0 Å². The molecule has 0 radical (unpaired) electrons. The van der Waals surface area contributed by atoms with E-state index in [0.29, 0.717) is 0 Å². The van der Waals surface area contributed by atoms with Crippen LogP contribution >= 0.6 is 0 Å². The third kappa shape index (κ3) is 2.04. The van der Waals surface area contributed by atoms with Gasteiger partial charge < -0.3 is 5.73 Å². The molecule has 4 nitrogen and oxygen atoms in total. The number of aromatic nitrogens is 3. The Morgan fingerprint density at radius 1 is 1.50 bits per heavy atom. The molecule has 0 bridgehead atoms. The molecule has 0 saturated carbocycles. The van der Waals surface area contributed by atoms with Gasteiger partial charge in [0, 0.05) is 12.6 Å². The summed E-state index contributed by atoms with van der Waals surface area (Å²) < 4.78 is 1.89. The molecule has 3 N–H and O–H groups in total. The Balaban J connectivity index is 2.77. The number of hydrogen-bond acceptors (Lipinski definition) is 2. The summed E-state index contributed by atoms with van der Waals surface area (Å²) in [7, 11) is 0. The topological polar surface area (TPSA) is 58.4 Å². The smallest absolute Gasteiger partial charge is 0.0883 e. The third-order valence-corrected chi connectivity index (χ3v) is 1.66. The number of quaternary nitrogens is 1. The van der Waals surface area contributed by atoms with E-state index in [4.69, 9.17) is 0 Å². The summed E-state index contributed by atoms with van der Waals surface area (Å²) in [6.07, 6.45) is 2.90. The molecule has 0 aliphatic rings. The summed E-state index contributed by atoms with van der Waals surface area (Å²) >= 11 is 0. The van der Waals surface area contributed by atoms with E-state index >= 15 is 0 Å². The van der Waals surface area contributed by atoms with Gasteiger partial charge in [0.05, 0.1) is 17.8 Å². The summed E-state index contributed by atoms with van der Waals surface area (Å²) in [5.41, 5.74) is 4.84. The van der Waals surface area contributed by atoms with Crippen LogP contribution in [0.2, 0.25) is 0 Å². The second kappa shape index (κ2) is 3.23. The van der Waals surface area contributed by atoms with Crippen LogP contribution < -0.4 is 5.73 Å². The minimum atomic E-state index is 0.0341. The molecule has 1 rings (SSSR count). The molecule has 1 aromatic rings. The second-order valence-corrected chi connectivity index (χ2v) is 3.93. The molecule has 0 amide bonds. The molecular formula is C8H17N4+. The Kier molecular flexibility index (Phi) is 2.47. The summed E-state index contributed by atoms with van der Waals surface area (Å²) in [6, 6.07) is 0. The normalized spacial score (nSPS) is 12.0. The quantitative estimate of drug-likeness (QED) is 0.667. The molecular weight excluding hydrogens is 152 g/mol. The predicted molar refractivity (Wildman–Crippen MR) is 46.5 cm³/mol. The molecule has 0 aliphatic heterocycles. The molecule has 0 aliphatic carbocycles. The summed E-state index contributed by atoms with van der Waals surface area (Å²) in [5.74, 6) is 0. The lowest BCUT2D eigenvalue weighted by Gasteiger charge is -2.17. The van der Waals surface area contributed by atoms with E-state index in [2.05, 4.69) is 36.8 Å². The van der Waals surface area contributed by atoms with Crippen LogP contribution in [0, 0.1) is 0 Å². The van der Waals surface area contributed by atoms with Crippen molar-refractivity contribution in [1.82, 2.24) is 15.0 Å². The standard InChI is InChI=1S/C8H16N4/c1-8(2,3)12-6-7(4-5-9)10-11-12/h6H,4-5,9H2,1-3H3/p+1. The molecule has 0 aromatic carbocycles. The molecule has 1 heterocycles. The number of rotatable bonds is 2. The minimum absolute atomic E-state index is 0.0341. The fraction of sp³-hybridized carbons (Fsp3) is 0.750. The van der Waals surface area contributed by atoms with Gasteiger partial charge in [-0.05, 0) is 20.8 Å². The first-order valence-electron chi connectivity index (χ1n) is 4.25. The van der Waals surface area contributed by atoms with Gasteiger partial charge >= 0.3 is 0 Å². The van der Waals surface area contributed by atoms with Crippen LogP contribution in [0.4, 0.5) is 0 Å². The zero-order chi connectivity index (χ0) is 9.19. The maximum Gasteiger partial charge on any atom is 0.0883 e. The van der Waals surface area contributed by atoms with Crippen molar-refractivity contribution in [1.29, 1.82) is 0 Å². The van der Waals surface area contributed by atoms with Crippen molar-refractivity contribution in [3.05, 3.63) is 11.9 Å². The second-order valence-electron chi connectivity index (χ2n) is 3.93. The van der Waals surface area contributed by atoms with Crippen molar-refractivity contribution >= 4 is 0 Å². The highest BCUT2D eigenvalue weighted by molar-refractivity contribution is 4.94. The molecule has 0 atom stereocenters. The van der Waals surface area contributed by atoms with Gasteiger partial charge in [0.25, 0.3) is 0 Å². The fourth-order valence-electron chi connectivity index (χ4n) is 0.922. The van der Waals surface area contributed by atoms with Gasteiger partial charge in [-0.3, -0.25) is 0 Å². The minimum Gasteiger partial charge on any atom is -0.357 e. The zero-order valence-corrected chi connectivity index (χ0v) is 8.04. The van der Waals surface area contributed by atoms with Crippen molar-refractivity contribution in [3.8, 4) is 0 Å². The molecule has 1 aromatic heterocycles. The summed E-state index contributed by atoms with van der Waals surface area (Å²) in [4.78, 5) is 0. The maximum absolute atomic E-state index is 4.05. The van der Waals surface area contributed by atoms with Crippen LogP contribution in [0.5, 0.6) is 0 Å². The van der Waals surface area contributed by atoms with Crippen LogP contribution in [0.25, 0.3) is 0 Å². The lowest BCUT2D eigenvalue weighted by molar-refractivity contribution is -0.366. The van der Waals surface area contributed by atoms with E-state index in [1.165, 1.54) is 0 Å². The van der Waals surface area contributed by atoms with E-state index in [0.717, 1.165) is 18.7 Å². The van der Waals surface area contributed by atoms with Gasteiger partial charge in [-0.15, -0.1) is 5.10 Å². The lowest BCUT2D eigenvalue weighted by Crippen LogP contribution is -2.51. The Hall–Kier alpha value is -0.900. The molecule has 0 fully saturated rings. The Bertz CT molecular complexity index is 246. The summed E-state index contributed by atoms with van der Waals surface area (Å²) in [5, 5.41) is 8.09. The monoisotopic (exact) mass is 169 g/mol. The van der Waals surface area contributed by atoms with Crippen molar-refractivity contribution in [2.45, 2.75) is 32.7 Å².